The highest BCUT2D eigenvalue weighted by molar-refractivity contribution is 7.17. The van der Waals surface area contributed by atoms with Gasteiger partial charge in [-0.1, -0.05) is 42.5 Å². The quantitative estimate of drug-likeness (QED) is 0.355. The van der Waals surface area contributed by atoms with Gasteiger partial charge in [0.1, 0.15) is 10.8 Å². The molecule has 0 aliphatic rings. The van der Waals surface area contributed by atoms with Gasteiger partial charge in [-0.05, 0) is 55.8 Å². The Morgan fingerprint density at radius 2 is 1.58 bits per heavy atom. The predicted octanol–water partition coefficient (Wildman–Crippen LogP) is 5.08. The summed E-state index contributed by atoms with van der Waals surface area (Å²) in [4.78, 5) is 43.9. The smallest absolute Gasteiger partial charge is 0.265 e. The third kappa shape index (κ3) is 4.08. The van der Waals surface area contributed by atoms with Crippen LogP contribution in [0, 0.1) is 13.8 Å². The zero-order valence-electron chi connectivity index (χ0n) is 19.6. The molecule has 0 fully saturated rings. The Hall–Kier alpha value is -4.56. The SMILES string of the molecule is Cc1sc(NC(=O)c2ccc(-n3c(C)nc4ccccc4c3=O)cc2)c(C(N)=O)c1-c1ccccc1. The van der Waals surface area contributed by atoms with E-state index in [1.165, 1.54) is 15.9 Å². The Kier molecular flexibility index (Phi) is 5.95. The normalized spacial score (nSPS) is 10.9. The molecule has 0 spiro atoms. The number of nitrogens with one attached hydrogen (secondary N) is 1. The fourth-order valence-corrected chi connectivity index (χ4v) is 5.38. The number of rotatable bonds is 5. The minimum absolute atomic E-state index is 0.177. The number of nitrogens with two attached hydrogens (primary N) is 1. The van der Waals surface area contributed by atoms with Crippen LogP contribution in [0.25, 0.3) is 27.7 Å². The molecule has 0 aliphatic carbocycles. The summed E-state index contributed by atoms with van der Waals surface area (Å²) in [6.45, 7) is 3.66. The van der Waals surface area contributed by atoms with Gasteiger partial charge in [0.2, 0.25) is 0 Å². The van der Waals surface area contributed by atoms with E-state index in [2.05, 4.69) is 10.3 Å². The standard InChI is InChI=1S/C28H22N4O3S/c1-16-23(18-8-4-3-5-9-18)24(25(29)33)27(36-16)31-26(34)19-12-14-20(15-13-19)32-17(2)30-22-11-7-6-10-21(22)28(32)35/h3-15H,1-2H3,(H2,29,33)(H,31,34). The van der Waals surface area contributed by atoms with E-state index in [-0.39, 0.29) is 17.0 Å². The fourth-order valence-electron chi connectivity index (χ4n) is 4.31. The minimum Gasteiger partial charge on any atom is -0.365 e. The third-order valence-corrected chi connectivity index (χ3v) is 6.97. The number of fused-ring (bicyclic) bond motifs is 1. The first-order valence-corrected chi connectivity index (χ1v) is 12.1. The lowest BCUT2D eigenvalue weighted by Crippen LogP contribution is -2.22. The van der Waals surface area contributed by atoms with Crippen LogP contribution in [0.15, 0.2) is 83.7 Å². The van der Waals surface area contributed by atoms with Crippen LogP contribution in [0.3, 0.4) is 0 Å². The van der Waals surface area contributed by atoms with Crippen molar-refractivity contribution in [3.05, 3.63) is 111 Å². The maximum Gasteiger partial charge on any atom is 0.265 e. The van der Waals surface area contributed by atoms with Crippen LogP contribution in [-0.2, 0) is 0 Å². The molecule has 3 aromatic carbocycles. The lowest BCUT2D eigenvalue weighted by Gasteiger charge is -2.12. The largest absolute Gasteiger partial charge is 0.365 e. The van der Waals surface area contributed by atoms with Crippen LogP contribution in [-0.4, -0.2) is 21.4 Å². The van der Waals surface area contributed by atoms with Crippen molar-refractivity contribution in [2.75, 3.05) is 5.32 Å². The van der Waals surface area contributed by atoms with Crippen molar-refractivity contribution in [2.24, 2.45) is 5.73 Å². The van der Waals surface area contributed by atoms with Crippen molar-refractivity contribution < 1.29 is 9.59 Å². The van der Waals surface area contributed by atoms with Crippen LogP contribution >= 0.6 is 11.3 Å². The topological polar surface area (TPSA) is 107 Å². The molecule has 178 valence electrons. The first-order valence-electron chi connectivity index (χ1n) is 11.2. The fraction of sp³-hybridized carbons (Fsp3) is 0.0714. The first-order chi connectivity index (χ1) is 17.3. The molecule has 2 amide bonds. The Balaban J connectivity index is 1.47. The minimum atomic E-state index is -0.609. The summed E-state index contributed by atoms with van der Waals surface area (Å²) in [6, 6.07) is 23.3. The van der Waals surface area contributed by atoms with Crippen molar-refractivity contribution in [2.45, 2.75) is 13.8 Å². The zero-order valence-corrected chi connectivity index (χ0v) is 20.4. The van der Waals surface area contributed by atoms with Gasteiger partial charge in [-0.25, -0.2) is 4.98 Å². The lowest BCUT2D eigenvalue weighted by molar-refractivity contribution is 0.100. The van der Waals surface area contributed by atoms with E-state index in [1.807, 2.05) is 43.3 Å². The molecule has 7 nitrogen and oxygen atoms in total. The van der Waals surface area contributed by atoms with Crippen molar-refractivity contribution in [1.29, 1.82) is 0 Å². The summed E-state index contributed by atoms with van der Waals surface area (Å²) in [5, 5.41) is 3.76. The summed E-state index contributed by atoms with van der Waals surface area (Å²) in [5.41, 5.74) is 9.01. The molecule has 2 heterocycles. The second-order valence-corrected chi connectivity index (χ2v) is 9.51. The van der Waals surface area contributed by atoms with E-state index in [9.17, 15) is 14.4 Å². The van der Waals surface area contributed by atoms with Gasteiger partial charge in [-0.3, -0.25) is 19.0 Å². The van der Waals surface area contributed by atoms with E-state index in [0.717, 1.165) is 16.0 Å². The Morgan fingerprint density at radius 1 is 0.917 bits per heavy atom. The van der Waals surface area contributed by atoms with Crippen molar-refractivity contribution in [3.8, 4) is 16.8 Å². The molecule has 0 atom stereocenters. The third-order valence-electron chi connectivity index (χ3n) is 5.95. The van der Waals surface area contributed by atoms with Crippen LogP contribution < -0.4 is 16.6 Å². The summed E-state index contributed by atoms with van der Waals surface area (Å²) < 4.78 is 1.52. The highest BCUT2D eigenvalue weighted by atomic mass is 32.1. The van der Waals surface area contributed by atoms with Gasteiger partial charge in [-0.2, -0.15) is 0 Å². The lowest BCUT2D eigenvalue weighted by atomic mass is 10.0. The second kappa shape index (κ2) is 9.24. The van der Waals surface area contributed by atoms with Gasteiger partial charge in [0.05, 0.1) is 22.2 Å². The Bertz CT molecular complexity index is 1690. The van der Waals surface area contributed by atoms with Crippen molar-refractivity contribution in [1.82, 2.24) is 9.55 Å². The van der Waals surface area contributed by atoms with Crippen LogP contribution in [0.2, 0.25) is 0 Å². The number of nitrogens with zero attached hydrogens (tertiary/aromatic N) is 2. The van der Waals surface area contributed by atoms with Crippen LogP contribution in [0.4, 0.5) is 5.00 Å². The molecule has 0 radical (unpaired) electrons. The van der Waals surface area contributed by atoms with Crippen LogP contribution in [0.5, 0.6) is 0 Å². The van der Waals surface area contributed by atoms with Gasteiger partial charge in [-0.15, -0.1) is 11.3 Å². The van der Waals surface area contributed by atoms with Crippen molar-refractivity contribution in [3.63, 3.8) is 0 Å². The molecule has 36 heavy (non-hydrogen) atoms. The summed E-state index contributed by atoms with van der Waals surface area (Å²) >= 11 is 1.31. The Labute approximate surface area is 210 Å². The van der Waals surface area contributed by atoms with E-state index in [1.54, 1.807) is 49.4 Å². The zero-order chi connectivity index (χ0) is 25.4. The van der Waals surface area contributed by atoms with E-state index in [4.69, 9.17) is 5.73 Å². The summed E-state index contributed by atoms with van der Waals surface area (Å²) in [7, 11) is 0. The molecule has 5 rings (SSSR count). The number of aromatic nitrogens is 2. The molecule has 3 N–H and O–H groups in total. The molecule has 0 unspecified atom stereocenters. The number of para-hydroxylation sites is 1. The predicted molar refractivity (Wildman–Crippen MR) is 143 cm³/mol. The monoisotopic (exact) mass is 494 g/mol. The summed E-state index contributed by atoms with van der Waals surface area (Å²) in [5.74, 6) is -0.447. The number of anilines is 1. The molecule has 8 heteroatoms. The second-order valence-electron chi connectivity index (χ2n) is 8.29. The number of amides is 2. The molecule has 0 bridgehead atoms. The number of primary amides is 1. The number of carbonyl (C=O) groups excluding carboxylic acids is 2. The van der Waals surface area contributed by atoms with E-state index in [0.29, 0.717) is 33.0 Å². The molecule has 5 aromatic rings. The number of benzene rings is 3. The van der Waals surface area contributed by atoms with Gasteiger partial charge in [0.15, 0.2) is 0 Å². The van der Waals surface area contributed by atoms with E-state index >= 15 is 0 Å². The molecule has 0 saturated heterocycles. The highest BCUT2D eigenvalue weighted by Gasteiger charge is 2.23. The number of carbonyl (C=O) groups is 2. The number of thiophene rings is 1. The first kappa shape index (κ1) is 23.2. The van der Waals surface area contributed by atoms with Crippen LogP contribution in [0.1, 0.15) is 31.4 Å². The van der Waals surface area contributed by atoms with E-state index < -0.39 is 5.91 Å². The summed E-state index contributed by atoms with van der Waals surface area (Å²) in [6.07, 6.45) is 0. The highest BCUT2D eigenvalue weighted by Crippen LogP contribution is 2.39. The number of hydrogen-bond donors (Lipinski definition) is 2. The van der Waals surface area contributed by atoms with Gasteiger partial charge in [0.25, 0.3) is 17.4 Å². The molecular weight excluding hydrogens is 472 g/mol. The van der Waals surface area contributed by atoms with Gasteiger partial charge in [0, 0.05) is 16.0 Å². The molecular formula is C28H22N4O3S. The van der Waals surface area contributed by atoms with Gasteiger partial charge < -0.3 is 11.1 Å². The molecule has 0 saturated carbocycles. The molecule has 2 aromatic heterocycles. The number of hydrogen-bond acceptors (Lipinski definition) is 5. The maximum atomic E-state index is 13.1. The Morgan fingerprint density at radius 3 is 2.28 bits per heavy atom. The van der Waals surface area contributed by atoms with Crippen molar-refractivity contribution >= 4 is 39.1 Å². The average Bonchev–Trinajstić information content (AvgIpc) is 3.20. The molecule has 0 aliphatic heterocycles. The van der Waals surface area contributed by atoms with Gasteiger partial charge >= 0.3 is 0 Å². The number of aryl methyl sites for hydroxylation is 2. The maximum absolute atomic E-state index is 13.1. The average molecular weight is 495 g/mol.